The van der Waals surface area contributed by atoms with Crippen molar-refractivity contribution in [1.82, 2.24) is 14.1 Å². The molecular formula is C22H19ClN4O3S. The number of nitrogens with zero attached hydrogens (tertiary/aromatic N) is 3. The number of fused-ring (bicyclic) bond motifs is 1. The average Bonchev–Trinajstić information content (AvgIpc) is 3.18. The van der Waals surface area contributed by atoms with Crippen LogP contribution in [0, 0.1) is 0 Å². The number of benzene rings is 2. The third-order valence-corrected chi connectivity index (χ3v) is 5.97. The van der Waals surface area contributed by atoms with Gasteiger partial charge in [-0.2, -0.15) is 0 Å². The minimum absolute atomic E-state index is 0.219. The predicted octanol–water partition coefficient (Wildman–Crippen LogP) is 3.52. The second-order valence-electron chi connectivity index (χ2n) is 6.92. The number of carbonyl (C=O) groups excluding carboxylic acids is 1. The first-order chi connectivity index (χ1) is 15.0. The molecule has 2 aromatic heterocycles. The highest BCUT2D eigenvalue weighted by atomic mass is 35.5. The molecule has 158 valence electrons. The number of nitrogens with one attached hydrogen (secondary N) is 1. The molecule has 4 rings (SSSR count). The van der Waals surface area contributed by atoms with Gasteiger partial charge in [0.2, 0.25) is 5.91 Å². The van der Waals surface area contributed by atoms with E-state index in [2.05, 4.69) is 10.3 Å². The highest BCUT2D eigenvalue weighted by molar-refractivity contribution is 7.15. The van der Waals surface area contributed by atoms with Gasteiger partial charge in [0.05, 0.1) is 10.9 Å². The second-order valence-corrected chi connectivity index (χ2v) is 8.47. The average molecular weight is 455 g/mol. The minimum atomic E-state index is -0.512. The van der Waals surface area contributed by atoms with Crippen molar-refractivity contribution in [3.63, 3.8) is 0 Å². The number of amides is 1. The fraction of sp³-hybridized carbons (Fsp3) is 0.182. The molecular weight excluding hydrogens is 436 g/mol. The van der Waals surface area contributed by atoms with Gasteiger partial charge in [0.15, 0.2) is 5.13 Å². The Morgan fingerprint density at radius 2 is 1.94 bits per heavy atom. The van der Waals surface area contributed by atoms with Crippen LogP contribution in [0.2, 0.25) is 5.02 Å². The van der Waals surface area contributed by atoms with Gasteiger partial charge in [-0.3, -0.25) is 18.7 Å². The van der Waals surface area contributed by atoms with E-state index in [4.69, 9.17) is 11.6 Å². The number of hydrogen-bond acceptors (Lipinski definition) is 5. The van der Waals surface area contributed by atoms with E-state index in [1.165, 1.54) is 15.9 Å². The zero-order valence-electron chi connectivity index (χ0n) is 16.7. The SMILES string of the molecule is CCn1c(=O)c2ccccc2n(CC(=O)Nc2ncc(Cc3cccc(Cl)c3)s2)c1=O. The molecule has 0 aliphatic heterocycles. The summed E-state index contributed by atoms with van der Waals surface area (Å²) in [6, 6.07) is 14.3. The number of para-hydroxylation sites is 1. The van der Waals surface area contributed by atoms with Crippen LogP contribution in [0.5, 0.6) is 0 Å². The van der Waals surface area contributed by atoms with Gasteiger partial charge in [-0.25, -0.2) is 9.78 Å². The van der Waals surface area contributed by atoms with Gasteiger partial charge >= 0.3 is 5.69 Å². The summed E-state index contributed by atoms with van der Waals surface area (Å²) in [6.45, 7) is 1.73. The van der Waals surface area contributed by atoms with Crippen molar-refractivity contribution in [2.45, 2.75) is 26.4 Å². The Labute approximate surface area is 186 Å². The largest absolute Gasteiger partial charge is 0.331 e. The summed E-state index contributed by atoms with van der Waals surface area (Å²) in [6.07, 6.45) is 2.36. The van der Waals surface area contributed by atoms with E-state index in [1.54, 1.807) is 37.4 Å². The summed E-state index contributed by atoms with van der Waals surface area (Å²) in [5.74, 6) is -0.391. The van der Waals surface area contributed by atoms with E-state index < -0.39 is 11.6 Å². The molecule has 0 aliphatic carbocycles. The van der Waals surface area contributed by atoms with Crippen molar-refractivity contribution >= 4 is 44.9 Å². The van der Waals surface area contributed by atoms with E-state index in [0.717, 1.165) is 15.0 Å². The van der Waals surface area contributed by atoms with E-state index in [0.29, 0.717) is 27.5 Å². The standard InChI is InChI=1S/C22H19ClN4O3S/c1-2-26-20(29)17-8-3-4-9-18(17)27(22(26)30)13-19(28)25-21-24-12-16(31-21)11-14-6-5-7-15(23)10-14/h3-10,12H,2,11,13H2,1H3,(H,24,25,28). The maximum atomic E-state index is 12.8. The molecule has 0 spiro atoms. The van der Waals surface area contributed by atoms with Gasteiger partial charge in [0.1, 0.15) is 6.54 Å². The molecule has 0 fully saturated rings. The van der Waals surface area contributed by atoms with Crippen molar-refractivity contribution < 1.29 is 4.79 Å². The zero-order chi connectivity index (χ0) is 22.0. The van der Waals surface area contributed by atoms with Gasteiger partial charge in [-0.05, 0) is 36.8 Å². The highest BCUT2D eigenvalue weighted by Gasteiger charge is 2.15. The number of thiazole rings is 1. The Hall–Kier alpha value is -3.23. The predicted molar refractivity (Wildman–Crippen MR) is 123 cm³/mol. The molecule has 31 heavy (non-hydrogen) atoms. The van der Waals surface area contributed by atoms with Crippen LogP contribution in [-0.2, 0) is 24.3 Å². The van der Waals surface area contributed by atoms with Crippen LogP contribution >= 0.6 is 22.9 Å². The topological polar surface area (TPSA) is 86.0 Å². The minimum Gasteiger partial charge on any atom is -0.300 e. The molecule has 0 aliphatic rings. The third kappa shape index (κ3) is 4.45. The maximum absolute atomic E-state index is 12.8. The van der Waals surface area contributed by atoms with Gasteiger partial charge in [-0.15, -0.1) is 11.3 Å². The molecule has 0 atom stereocenters. The normalized spacial score (nSPS) is 11.0. The quantitative estimate of drug-likeness (QED) is 0.483. The van der Waals surface area contributed by atoms with Crippen LogP contribution in [-0.4, -0.2) is 20.0 Å². The molecule has 9 heteroatoms. The lowest BCUT2D eigenvalue weighted by Gasteiger charge is -2.12. The van der Waals surface area contributed by atoms with Crippen molar-refractivity contribution in [1.29, 1.82) is 0 Å². The van der Waals surface area contributed by atoms with Crippen LogP contribution in [0.15, 0.2) is 64.3 Å². The molecule has 0 radical (unpaired) electrons. The third-order valence-electron chi connectivity index (χ3n) is 4.82. The first-order valence-electron chi connectivity index (χ1n) is 9.67. The van der Waals surface area contributed by atoms with Crippen LogP contribution in [0.1, 0.15) is 17.4 Å². The summed E-state index contributed by atoms with van der Waals surface area (Å²) in [7, 11) is 0. The smallest absolute Gasteiger partial charge is 0.300 e. The summed E-state index contributed by atoms with van der Waals surface area (Å²) >= 11 is 7.39. The van der Waals surface area contributed by atoms with E-state index in [9.17, 15) is 14.4 Å². The Bertz CT molecular complexity index is 1390. The Morgan fingerprint density at radius 1 is 1.13 bits per heavy atom. The Kier molecular flexibility index (Phi) is 6.01. The van der Waals surface area contributed by atoms with E-state index in [1.807, 2.05) is 24.3 Å². The van der Waals surface area contributed by atoms with Gasteiger partial charge in [0.25, 0.3) is 5.56 Å². The van der Waals surface area contributed by atoms with Gasteiger partial charge in [-0.1, -0.05) is 35.9 Å². The number of rotatable bonds is 6. The van der Waals surface area contributed by atoms with E-state index in [-0.39, 0.29) is 18.6 Å². The van der Waals surface area contributed by atoms with Crippen LogP contribution in [0.3, 0.4) is 0 Å². The van der Waals surface area contributed by atoms with E-state index >= 15 is 0 Å². The lowest BCUT2D eigenvalue weighted by molar-refractivity contribution is -0.116. The lowest BCUT2D eigenvalue weighted by Crippen LogP contribution is -2.41. The molecule has 4 aromatic rings. The van der Waals surface area contributed by atoms with Crippen molar-refractivity contribution in [2.24, 2.45) is 0 Å². The lowest BCUT2D eigenvalue weighted by atomic mass is 10.1. The zero-order valence-corrected chi connectivity index (χ0v) is 18.2. The van der Waals surface area contributed by atoms with Crippen molar-refractivity contribution in [3.8, 4) is 0 Å². The fourth-order valence-electron chi connectivity index (χ4n) is 3.40. The van der Waals surface area contributed by atoms with Crippen LogP contribution < -0.4 is 16.6 Å². The summed E-state index contributed by atoms with van der Waals surface area (Å²) < 4.78 is 2.44. The molecule has 7 nitrogen and oxygen atoms in total. The molecule has 0 saturated heterocycles. The summed E-state index contributed by atoms with van der Waals surface area (Å²) in [4.78, 5) is 43.2. The number of hydrogen-bond donors (Lipinski definition) is 1. The van der Waals surface area contributed by atoms with Gasteiger partial charge < -0.3 is 5.32 Å². The molecule has 0 bridgehead atoms. The molecule has 1 N–H and O–H groups in total. The highest BCUT2D eigenvalue weighted by Crippen LogP contribution is 2.22. The number of carbonyl (C=O) groups is 1. The Balaban J connectivity index is 1.55. The Morgan fingerprint density at radius 3 is 2.71 bits per heavy atom. The summed E-state index contributed by atoms with van der Waals surface area (Å²) in [5.41, 5.74) is 0.611. The molecule has 2 aromatic carbocycles. The monoisotopic (exact) mass is 454 g/mol. The molecule has 0 saturated carbocycles. The number of halogens is 1. The summed E-state index contributed by atoms with van der Waals surface area (Å²) in [5, 5.41) is 4.26. The molecule has 1 amide bonds. The first-order valence-corrected chi connectivity index (χ1v) is 10.9. The number of aromatic nitrogens is 3. The number of anilines is 1. The second kappa shape index (κ2) is 8.87. The first kappa shape index (κ1) is 21.0. The van der Waals surface area contributed by atoms with Crippen LogP contribution in [0.25, 0.3) is 10.9 Å². The van der Waals surface area contributed by atoms with Crippen LogP contribution in [0.4, 0.5) is 5.13 Å². The molecule has 0 unspecified atom stereocenters. The molecule has 2 heterocycles. The van der Waals surface area contributed by atoms with Gasteiger partial charge in [0, 0.05) is 29.1 Å². The maximum Gasteiger partial charge on any atom is 0.331 e. The van der Waals surface area contributed by atoms with Crippen molar-refractivity contribution in [3.05, 3.63) is 91.0 Å². The fourth-order valence-corrected chi connectivity index (χ4v) is 4.48. The van der Waals surface area contributed by atoms with Crippen molar-refractivity contribution in [2.75, 3.05) is 5.32 Å².